The van der Waals surface area contributed by atoms with E-state index in [1.807, 2.05) is 31.2 Å². The van der Waals surface area contributed by atoms with Crippen LogP contribution in [0.3, 0.4) is 0 Å². The van der Waals surface area contributed by atoms with E-state index >= 15 is 0 Å². The van der Waals surface area contributed by atoms with E-state index < -0.39 is 0 Å². The molecule has 1 aliphatic rings. The largest absolute Gasteiger partial charge is 0.492 e. The maximum Gasteiger partial charge on any atom is 0.191 e. The Morgan fingerprint density at radius 2 is 2.36 bits per heavy atom. The van der Waals surface area contributed by atoms with Crippen LogP contribution in [0.5, 0.6) is 5.75 Å². The summed E-state index contributed by atoms with van der Waals surface area (Å²) in [4.78, 5) is 0. The van der Waals surface area contributed by atoms with Gasteiger partial charge in [-0.3, -0.25) is 5.41 Å². The van der Waals surface area contributed by atoms with Crippen LogP contribution in [0, 0.1) is 5.41 Å². The van der Waals surface area contributed by atoms with Crippen molar-refractivity contribution in [3.05, 3.63) is 29.8 Å². The average Bonchev–Trinajstić information content (AvgIpc) is 2.61. The highest BCUT2D eigenvalue weighted by molar-refractivity contribution is 5.82. The van der Waals surface area contributed by atoms with Crippen molar-refractivity contribution < 1.29 is 9.47 Å². The standard InChI is InChI=1S/C11H13NO2/c1-2-13-11(12)9-7-14-10-6-4-3-5-8(9)10/h3-6,9,12H,2,7H2,1H3. The molecule has 1 heterocycles. The summed E-state index contributed by atoms with van der Waals surface area (Å²) in [6, 6.07) is 7.81. The molecular weight excluding hydrogens is 178 g/mol. The Morgan fingerprint density at radius 1 is 1.57 bits per heavy atom. The van der Waals surface area contributed by atoms with Crippen LogP contribution in [0.4, 0.5) is 0 Å². The Labute approximate surface area is 83.2 Å². The Morgan fingerprint density at radius 3 is 3.14 bits per heavy atom. The molecule has 74 valence electrons. The van der Waals surface area contributed by atoms with Crippen LogP contribution in [0.15, 0.2) is 24.3 Å². The summed E-state index contributed by atoms with van der Waals surface area (Å²) in [6.45, 7) is 2.95. The number of benzene rings is 1. The van der Waals surface area contributed by atoms with Crippen molar-refractivity contribution in [3.8, 4) is 5.75 Å². The Balaban J connectivity index is 2.21. The van der Waals surface area contributed by atoms with Crippen molar-refractivity contribution in [2.24, 2.45) is 0 Å². The van der Waals surface area contributed by atoms with E-state index in [4.69, 9.17) is 14.9 Å². The molecule has 1 atom stereocenters. The van der Waals surface area contributed by atoms with E-state index in [-0.39, 0.29) is 5.92 Å². The molecule has 0 aliphatic carbocycles. The zero-order chi connectivity index (χ0) is 9.97. The zero-order valence-electron chi connectivity index (χ0n) is 8.12. The molecule has 0 saturated heterocycles. The number of para-hydroxylation sites is 1. The predicted molar refractivity (Wildman–Crippen MR) is 54.0 cm³/mol. The minimum Gasteiger partial charge on any atom is -0.492 e. The van der Waals surface area contributed by atoms with Gasteiger partial charge in [0.2, 0.25) is 0 Å². The molecule has 1 N–H and O–H groups in total. The first-order valence-electron chi connectivity index (χ1n) is 4.76. The first-order valence-corrected chi connectivity index (χ1v) is 4.76. The maximum absolute atomic E-state index is 7.71. The minimum atomic E-state index is -0.0221. The highest BCUT2D eigenvalue weighted by atomic mass is 16.5. The van der Waals surface area contributed by atoms with Crippen LogP contribution in [-0.4, -0.2) is 19.1 Å². The molecule has 1 unspecified atom stereocenters. The summed E-state index contributed by atoms with van der Waals surface area (Å²) in [7, 11) is 0. The molecule has 0 spiro atoms. The van der Waals surface area contributed by atoms with Gasteiger partial charge in [0.15, 0.2) is 5.90 Å². The van der Waals surface area contributed by atoms with Gasteiger partial charge < -0.3 is 9.47 Å². The van der Waals surface area contributed by atoms with Crippen molar-refractivity contribution in [3.63, 3.8) is 0 Å². The molecular formula is C11H13NO2. The molecule has 0 amide bonds. The Kier molecular flexibility index (Phi) is 2.39. The second-order valence-corrected chi connectivity index (χ2v) is 3.20. The van der Waals surface area contributed by atoms with Crippen LogP contribution >= 0.6 is 0 Å². The van der Waals surface area contributed by atoms with Gasteiger partial charge >= 0.3 is 0 Å². The fourth-order valence-electron chi connectivity index (χ4n) is 1.64. The lowest BCUT2D eigenvalue weighted by atomic mass is 10.0. The predicted octanol–water partition coefficient (Wildman–Crippen LogP) is 2.18. The molecule has 3 nitrogen and oxygen atoms in total. The van der Waals surface area contributed by atoms with Crippen molar-refractivity contribution in [2.45, 2.75) is 12.8 Å². The van der Waals surface area contributed by atoms with Gasteiger partial charge in [-0.2, -0.15) is 0 Å². The molecule has 1 aromatic rings. The molecule has 14 heavy (non-hydrogen) atoms. The van der Waals surface area contributed by atoms with Gasteiger partial charge in [0, 0.05) is 5.56 Å². The maximum atomic E-state index is 7.71. The number of rotatable bonds is 2. The number of fused-ring (bicyclic) bond motifs is 1. The molecule has 0 radical (unpaired) electrons. The molecule has 2 rings (SSSR count). The van der Waals surface area contributed by atoms with Crippen LogP contribution in [0.2, 0.25) is 0 Å². The fourth-order valence-corrected chi connectivity index (χ4v) is 1.64. The SMILES string of the molecule is CCOC(=N)C1COc2ccccc21. The van der Waals surface area contributed by atoms with Crippen molar-refractivity contribution in [2.75, 3.05) is 13.2 Å². The summed E-state index contributed by atoms with van der Waals surface area (Å²) in [5.41, 5.74) is 1.06. The third kappa shape index (κ3) is 1.45. The molecule has 0 fully saturated rings. The molecule has 0 aromatic heterocycles. The molecule has 0 bridgehead atoms. The lowest BCUT2D eigenvalue weighted by molar-refractivity contribution is 0.287. The Bertz CT molecular complexity index is 349. The van der Waals surface area contributed by atoms with E-state index in [0.717, 1.165) is 11.3 Å². The Hall–Kier alpha value is -1.51. The molecule has 1 aliphatic heterocycles. The van der Waals surface area contributed by atoms with Crippen LogP contribution in [0.25, 0.3) is 0 Å². The van der Waals surface area contributed by atoms with Gasteiger partial charge in [-0.1, -0.05) is 18.2 Å². The van der Waals surface area contributed by atoms with Gasteiger partial charge in [-0.25, -0.2) is 0 Å². The highest BCUT2D eigenvalue weighted by Gasteiger charge is 2.28. The van der Waals surface area contributed by atoms with Crippen LogP contribution < -0.4 is 4.74 Å². The van der Waals surface area contributed by atoms with Crippen LogP contribution in [-0.2, 0) is 4.74 Å². The van der Waals surface area contributed by atoms with E-state index in [1.165, 1.54) is 0 Å². The second kappa shape index (κ2) is 3.70. The van der Waals surface area contributed by atoms with E-state index in [0.29, 0.717) is 19.1 Å². The second-order valence-electron chi connectivity index (χ2n) is 3.20. The lowest BCUT2D eigenvalue weighted by Gasteiger charge is -2.10. The first kappa shape index (κ1) is 9.06. The number of hydrogen-bond donors (Lipinski definition) is 1. The van der Waals surface area contributed by atoms with Gasteiger partial charge in [0.1, 0.15) is 12.4 Å². The molecule has 3 heteroatoms. The quantitative estimate of drug-likeness (QED) is 0.575. The highest BCUT2D eigenvalue weighted by Crippen LogP contribution is 2.34. The summed E-state index contributed by atoms with van der Waals surface area (Å²) in [5.74, 6) is 1.16. The summed E-state index contributed by atoms with van der Waals surface area (Å²) in [6.07, 6.45) is 0. The minimum absolute atomic E-state index is 0.0221. The smallest absolute Gasteiger partial charge is 0.191 e. The summed E-state index contributed by atoms with van der Waals surface area (Å²) in [5, 5.41) is 7.71. The van der Waals surface area contributed by atoms with Crippen molar-refractivity contribution in [1.82, 2.24) is 0 Å². The topological polar surface area (TPSA) is 42.3 Å². The zero-order valence-corrected chi connectivity index (χ0v) is 8.12. The van der Waals surface area contributed by atoms with Crippen molar-refractivity contribution >= 4 is 5.90 Å². The summed E-state index contributed by atoms with van der Waals surface area (Å²) >= 11 is 0. The van der Waals surface area contributed by atoms with Gasteiger partial charge in [-0.05, 0) is 13.0 Å². The monoisotopic (exact) mass is 191 g/mol. The number of hydrogen-bond acceptors (Lipinski definition) is 3. The van der Waals surface area contributed by atoms with E-state index in [1.54, 1.807) is 0 Å². The number of ether oxygens (including phenoxy) is 2. The average molecular weight is 191 g/mol. The van der Waals surface area contributed by atoms with E-state index in [9.17, 15) is 0 Å². The summed E-state index contributed by atoms with van der Waals surface area (Å²) < 4.78 is 10.6. The lowest BCUT2D eigenvalue weighted by Crippen LogP contribution is -2.16. The normalized spacial score (nSPS) is 18.5. The molecule has 0 saturated carbocycles. The number of nitrogens with one attached hydrogen (secondary N) is 1. The molecule has 1 aromatic carbocycles. The van der Waals surface area contributed by atoms with Gasteiger partial charge in [0.25, 0.3) is 0 Å². The third-order valence-electron chi connectivity index (χ3n) is 2.32. The first-order chi connectivity index (χ1) is 6.83. The van der Waals surface area contributed by atoms with Crippen LogP contribution in [0.1, 0.15) is 18.4 Å². The van der Waals surface area contributed by atoms with Gasteiger partial charge in [-0.15, -0.1) is 0 Å². The fraction of sp³-hybridized carbons (Fsp3) is 0.364. The third-order valence-corrected chi connectivity index (χ3v) is 2.32. The van der Waals surface area contributed by atoms with Gasteiger partial charge in [0.05, 0.1) is 12.5 Å². The van der Waals surface area contributed by atoms with Crippen molar-refractivity contribution in [1.29, 1.82) is 5.41 Å². The van der Waals surface area contributed by atoms with E-state index in [2.05, 4.69) is 0 Å².